The number of rotatable bonds is 47. The monoisotopic (exact) mass is 2010 g/mol. The smallest absolute Gasteiger partial charge is 0.326 e. The topological polar surface area (TPSA) is 921 Å². The minimum atomic E-state index is -1.84. The molecule has 0 saturated carbocycles. The van der Waals surface area contributed by atoms with E-state index < -0.39 is 276 Å². The molecule has 2 saturated heterocycles. The molecule has 16 amide bonds. The van der Waals surface area contributed by atoms with Crippen LogP contribution in [0.3, 0.4) is 0 Å². The lowest BCUT2D eigenvalue weighted by atomic mass is 10.0. The van der Waals surface area contributed by atoms with Crippen LogP contribution in [0.1, 0.15) is 131 Å². The lowest BCUT2D eigenvalue weighted by Gasteiger charge is -2.29. The van der Waals surface area contributed by atoms with E-state index in [0.717, 1.165) is 43.2 Å². The Hall–Kier alpha value is -13.0. The highest BCUT2D eigenvalue weighted by molar-refractivity contribution is 8.77. The Morgan fingerprint density at radius 3 is 1.28 bits per heavy atom. The molecule has 766 valence electrons. The van der Waals surface area contributed by atoms with Gasteiger partial charge < -0.3 is 167 Å². The van der Waals surface area contributed by atoms with E-state index in [-0.39, 0.29) is 140 Å². The molecule has 0 spiro atoms. The van der Waals surface area contributed by atoms with Gasteiger partial charge in [0.1, 0.15) is 84.3 Å². The zero-order valence-corrected chi connectivity index (χ0v) is 80.5. The standard InChI is InChI=1S/C79H137N35O19S4/c1-38(2)29-49(107-61(120)44(14-8-24-94-75(83)84)102-56(117)32-99-55(116)31-100-60(119)43(80)13-7-23-93-74(81)82)65(124)110-52-35-135-137-37-54(70(129)113-58(39(3)4)71(130)101-33-57(118)103-48(73(132)133)18-12-28-98-79(91)92)112-72(131)59(40(5)6)114-69(128)53-36-136-134-34-51(111-66(125)50(108-68(52)127)30-41-19-21-42(115)22-20-41)67(126)106-46(16-10-26-96-77(87)88)63(122)104-45(15-9-25-95-76(85)86)62(121)105-47(64(123)109-53)17-11-27-97-78(89)90/h19-22,38-40,43-54,58-59,115H,7-18,23-37,80H2,1-6H3,(H,99,116)(H,100,119)(H,101,130)(H,102,117)(H,103,118)(H,104,122)(H,105,121)(H,106,126)(H,107,120)(H,108,127)(H,109,123)(H,110,124)(H,111,125)(H,112,131)(H,113,129)(H,114,128)(H,132,133)(H4,81,82,93)(H4,83,84,94)(H4,85,86,95)(H4,87,88,96)(H4,89,90,97)(H4,91,92,98)/t43-,44-,45-,46-,47-,48-,49-,50-,51-,52-,53-,54-,58-,59-/m0/s1. The van der Waals surface area contributed by atoms with Crippen LogP contribution in [0.2, 0.25) is 0 Å². The SMILES string of the molecule is CC(C)C[C@H](NC(=O)[C@H](CCCNC(=N)N)NC(=O)CNC(=O)CNC(=O)[C@@H](N)CCCNC(=N)N)C(=O)N[C@H]1CSSC[C@@H](C(=O)N[C@H](C(=O)NCC(=O)N[C@@H](CCCNC(=N)N)C(=O)O)C(C)C)NC(=O)[C@H](C(C)C)NC(=O)[C@@H]2CSSC[C@H](NC(=O)[C@H](Cc3ccc(O)cc3)NC1=O)C(=O)N[C@@H](CCCNC(=N)N)C(=O)N[C@@H](CCCNC(=N)N)C(=O)N[C@@H](CCCNC(=N)N)C(=O)N2. The van der Waals surface area contributed by atoms with Crippen LogP contribution in [0, 0.1) is 50.2 Å². The van der Waals surface area contributed by atoms with Crippen molar-refractivity contribution in [3.63, 3.8) is 0 Å². The highest BCUT2D eigenvalue weighted by Crippen LogP contribution is 2.27. The number of guanidine groups is 6. The molecule has 137 heavy (non-hydrogen) atoms. The van der Waals surface area contributed by atoms with E-state index in [4.69, 9.17) is 72.6 Å². The van der Waals surface area contributed by atoms with Crippen molar-refractivity contribution in [1.82, 2.24) is 117 Å². The van der Waals surface area contributed by atoms with Gasteiger partial charge in [0, 0.05) is 68.7 Å². The third-order valence-electron chi connectivity index (χ3n) is 20.2. The van der Waals surface area contributed by atoms with E-state index >= 15 is 38.4 Å². The molecule has 2 aliphatic rings. The minimum absolute atomic E-state index is 0.000597. The molecule has 2 fully saturated rings. The van der Waals surface area contributed by atoms with Gasteiger partial charge in [0.05, 0.1) is 25.7 Å². The van der Waals surface area contributed by atoms with Gasteiger partial charge in [-0.05, 0) is 119 Å². The van der Waals surface area contributed by atoms with Gasteiger partial charge in [-0.25, -0.2) is 4.79 Å². The second-order valence-corrected chi connectivity index (χ2v) is 38.0. The van der Waals surface area contributed by atoms with Crippen molar-refractivity contribution < 1.29 is 91.7 Å². The summed E-state index contributed by atoms with van der Waals surface area (Å²) in [7, 11) is 3.20. The molecule has 3 rings (SSSR count). The highest BCUT2D eigenvalue weighted by Gasteiger charge is 2.40. The maximum absolute atomic E-state index is 15.7. The Bertz CT molecular complexity index is 4320. The fraction of sp³-hybridized carbons (Fsp3) is 0.633. The Morgan fingerprint density at radius 2 is 0.810 bits per heavy atom. The maximum atomic E-state index is 15.7. The summed E-state index contributed by atoms with van der Waals surface area (Å²) in [6.45, 7) is 7.40. The molecular formula is C79H137N35O19S4. The number of aliphatic carboxylic acids is 1. The van der Waals surface area contributed by atoms with Crippen LogP contribution in [0.25, 0.3) is 0 Å². The van der Waals surface area contributed by atoms with Crippen molar-refractivity contribution in [1.29, 1.82) is 32.5 Å². The summed E-state index contributed by atoms with van der Waals surface area (Å²) in [5.41, 5.74) is 39.2. The van der Waals surface area contributed by atoms with Gasteiger partial charge in [0.15, 0.2) is 35.8 Å². The van der Waals surface area contributed by atoms with E-state index in [1.54, 1.807) is 13.8 Å². The predicted molar refractivity (Wildman–Crippen MR) is 515 cm³/mol. The number of fused-ring (bicyclic) bond motifs is 5. The number of carbonyl (C=O) groups is 17. The summed E-state index contributed by atoms with van der Waals surface area (Å²) in [5, 5.41) is 123. The zero-order chi connectivity index (χ0) is 103. The van der Waals surface area contributed by atoms with Crippen molar-refractivity contribution >= 4 is 179 Å². The number of nitrogens with one attached hydrogen (secondary N) is 28. The first kappa shape index (κ1) is 118. The minimum Gasteiger partial charge on any atom is -0.508 e. The predicted octanol–water partition coefficient (Wildman–Crippen LogP) is -10.3. The van der Waals surface area contributed by atoms with Crippen LogP contribution in [-0.2, 0) is 87.9 Å². The normalized spacial score (nSPS) is 20.0. The van der Waals surface area contributed by atoms with E-state index in [0.29, 0.717) is 6.42 Å². The number of phenols is 1. The van der Waals surface area contributed by atoms with Crippen molar-refractivity contribution in [3.8, 4) is 5.75 Å². The maximum Gasteiger partial charge on any atom is 0.326 e. The molecule has 58 heteroatoms. The number of phenolic OH excluding ortho intramolecular Hbond substituents is 1. The number of hydrogen-bond acceptors (Lipinski definition) is 29. The second-order valence-electron chi connectivity index (χ2n) is 32.9. The van der Waals surface area contributed by atoms with Crippen molar-refractivity contribution in [3.05, 3.63) is 29.8 Å². The Balaban J connectivity index is 2.45. The van der Waals surface area contributed by atoms with Gasteiger partial charge in [-0.15, -0.1) is 0 Å². The fourth-order valence-corrected chi connectivity index (χ4v) is 17.6. The number of carboxylic acid groups (broad SMARTS) is 1. The van der Waals surface area contributed by atoms with Gasteiger partial charge in [-0.2, -0.15) is 0 Å². The Morgan fingerprint density at radius 1 is 0.409 bits per heavy atom. The summed E-state index contributed by atoms with van der Waals surface area (Å²) in [6.07, 6.45) is -1.02. The van der Waals surface area contributed by atoms with E-state index in [1.165, 1.54) is 52.0 Å². The third-order valence-corrected chi connectivity index (χ3v) is 25.1. The molecule has 2 bridgehead atoms. The molecule has 0 aliphatic carbocycles. The molecule has 0 aromatic heterocycles. The first-order chi connectivity index (χ1) is 64.6. The largest absolute Gasteiger partial charge is 0.508 e. The summed E-state index contributed by atoms with van der Waals surface area (Å²) in [5.74, 6) is -24.3. The van der Waals surface area contributed by atoms with Gasteiger partial charge in [0.25, 0.3) is 0 Å². The van der Waals surface area contributed by atoms with Crippen LogP contribution in [-0.4, -0.2) is 313 Å². The molecular weight excluding hydrogens is 1870 g/mol. The highest BCUT2D eigenvalue weighted by atomic mass is 33.1. The van der Waals surface area contributed by atoms with Crippen molar-refractivity contribution in [2.75, 3.05) is 81.9 Å². The summed E-state index contributed by atoms with van der Waals surface area (Å²) >= 11 is 0. The quantitative estimate of drug-likeness (QED) is 0.0125. The number of aromatic hydroxyl groups is 1. The van der Waals surface area contributed by atoms with Crippen LogP contribution in [0.4, 0.5) is 0 Å². The number of benzene rings is 1. The Labute approximate surface area is 807 Å². The van der Waals surface area contributed by atoms with Crippen LogP contribution in [0.15, 0.2) is 24.3 Å². The van der Waals surface area contributed by atoms with Crippen molar-refractivity contribution in [2.24, 2.45) is 57.9 Å². The number of carbonyl (C=O) groups excluding carboxylic acids is 16. The van der Waals surface area contributed by atoms with Gasteiger partial charge in [-0.1, -0.05) is 96.9 Å². The van der Waals surface area contributed by atoms with Crippen LogP contribution < -0.4 is 157 Å². The van der Waals surface area contributed by atoms with E-state index in [2.05, 4.69) is 117 Å². The molecule has 2 aliphatic heterocycles. The first-order valence-corrected chi connectivity index (χ1v) is 49.1. The molecule has 0 unspecified atom stereocenters. The number of amides is 16. The van der Waals surface area contributed by atoms with E-state index in [1.807, 2.05) is 0 Å². The average Bonchev–Trinajstić information content (AvgIpc) is 1.13. The van der Waals surface area contributed by atoms with Gasteiger partial charge in [-0.3, -0.25) is 109 Å². The first-order valence-electron chi connectivity index (χ1n) is 44.1. The molecule has 0 radical (unpaired) electrons. The number of carboxylic acids is 1. The van der Waals surface area contributed by atoms with Gasteiger partial charge in [0.2, 0.25) is 94.5 Å². The molecule has 44 N–H and O–H groups in total. The zero-order valence-electron chi connectivity index (χ0n) is 77.2. The summed E-state index contributed by atoms with van der Waals surface area (Å²) in [6, 6.07) is -17.1. The molecule has 1 aromatic carbocycles. The van der Waals surface area contributed by atoms with E-state index in [9.17, 15) is 53.4 Å². The van der Waals surface area contributed by atoms with Gasteiger partial charge >= 0.3 is 5.97 Å². The molecule has 1 aromatic rings. The number of nitrogens with two attached hydrogens (primary N) is 7. The fourth-order valence-electron chi connectivity index (χ4n) is 13.0. The third kappa shape index (κ3) is 48.8. The molecule has 14 atom stereocenters. The summed E-state index contributed by atoms with van der Waals surface area (Å²) in [4.78, 5) is 246. The van der Waals surface area contributed by atoms with Crippen LogP contribution >= 0.6 is 43.2 Å². The Kier molecular flexibility index (Phi) is 54.6. The average molecular weight is 2010 g/mol. The van der Waals surface area contributed by atoms with Crippen LogP contribution in [0.5, 0.6) is 5.75 Å². The van der Waals surface area contributed by atoms with Crippen molar-refractivity contribution in [2.45, 2.75) is 216 Å². The summed E-state index contributed by atoms with van der Waals surface area (Å²) < 4.78 is 0. The lowest BCUT2D eigenvalue weighted by Crippen LogP contribution is -2.62. The molecule has 54 nitrogen and oxygen atoms in total. The second kappa shape index (κ2) is 63.3. The molecule has 2 heterocycles. The lowest BCUT2D eigenvalue weighted by molar-refractivity contribution is -0.142. The number of hydrogen-bond donors (Lipinski definition) is 37.